The summed E-state index contributed by atoms with van der Waals surface area (Å²) in [6.45, 7) is 2.11. The molecule has 0 spiro atoms. The van der Waals surface area contributed by atoms with Crippen LogP contribution in [0.25, 0.3) is 0 Å². The van der Waals surface area contributed by atoms with E-state index in [4.69, 9.17) is 11.5 Å². The van der Waals surface area contributed by atoms with Gasteiger partial charge < -0.3 is 10.4 Å². The zero-order valence-electron chi connectivity index (χ0n) is 7.54. The second-order valence-electron chi connectivity index (χ2n) is 2.89. The standard InChI is InChI=1S/C9H13NO3/c1-3-4-8(11)10-6-7(2)5-9(12)13/h1,7H,4-6H2,2H3,(H,10,11)(H,12,13). The molecule has 0 aliphatic heterocycles. The van der Waals surface area contributed by atoms with E-state index in [1.807, 2.05) is 0 Å². The lowest BCUT2D eigenvalue weighted by atomic mass is 10.1. The number of carboxylic acid groups (broad SMARTS) is 1. The van der Waals surface area contributed by atoms with Gasteiger partial charge in [-0.1, -0.05) is 12.8 Å². The van der Waals surface area contributed by atoms with Crippen molar-refractivity contribution in [2.24, 2.45) is 5.92 Å². The van der Waals surface area contributed by atoms with Gasteiger partial charge in [0, 0.05) is 13.0 Å². The number of carbonyl (C=O) groups excluding carboxylic acids is 1. The third-order valence-electron chi connectivity index (χ3n) is 1.43. The van der Waals surface area contributed by atoms with Crippen molar-refractivity contribution in [1.29, 1.82) is 0 Å². The Morgan fingerprint density at radius 2 is 2.23 bits per heavy atom. The molecule has 0 bridgehead atoms. The molecule has 0 aromatic rings. The molecule has 0 radical (unpaired) electrons. The number of nitrogens with one attached hydrogen (secondary N) is 1. The number of hydrogen-bond donors (Lipinski definition) is 2. The highest BCUT2D eigenvalue weighted by Crippen LogP contribution is 1.99. The van der Waals surface area contributed by atoms with Crippen molar-refractivity contribution in [1.82, 2.24) is 5.32 Å². The predicted octanol–water partition coefficient (Wildman–Crippen LogP) is 0.237. The van der Waals surface area contributed by atoms with Gasteiger partial charge in [-0.15, -0.1) is 6.42 Å². The lowest BCUT2D eigenvalue weighted by Gasteiger charge is -2.08. The Labute approximate surface area is 77.3 Å². The minimum Gasteiger partial charge on any atom is -0.481 e. The maximum Gasteiger partial charge on any atom is 0.303 e. The topological polar surface area (TPSA) is 66.4 Å². The van der Waals surface area contributed by atoms with Gasteiger partial charge in [0.1, 0.15) is 0 Å². The largest absolute Gasteiger partial charge is 0.481 e. The SMILES string of the molecule is C#CCC(=O)NCC(C)CC(=O)O. The molecule has 0 fully saturated rings. The van der Waals surface area contributed by atoms with Crippen LogP contribution in [0.1, 0.15) is 19.8 Å². The number of amides is 1. The molecule has 1 unspecified atom stereocenters. The van der Waals surface area contributed by atoms with Crippen LogP contribution < -0.4 is 5.32 Å². The van der Waals surface area contributed by atoms with Gasteiger partial charge in [0.15, 0.2) is 0 Å². The van der Waals surface area contributed by atoms with E-state index in [1.54, 1.807) is 6.92 Å². The van der Waals surface area contributed by atoms with Crippen molar-refractivity contribution >= 4 is 11.9 Å². The number of terminal acetylenes is 1. The number of aliphatic carboxylic acids is 1. The van der Waals surface area contributed by atoms with Crippen molar-refractivity contribution in [3.05, 3.63) is 0 Å². The van der Waals surface area contributed by atoms with Crippen LogP contribution in [0.5, 0.6) is 0 Å². The Hall–Kier alpha value is -1.50. The van der Waals surface area contributed by atoms with E-state index < -0.39 is 5.97 Å². The summed E-state index contributed by atoms with van der Waals surface area (Å²) < 4.78 is 0. The van der Waals surface area contributed by atoms with Gasteiger partial charge in [-0.05, 0) is 5.92 Å². The summed E-state index contributed by atoms with van der Waals surface area (Å²) in [7, 11) is 0. The van der Waals surface area contributed by atoms with Crippen LogP contribution in [-0.4, -0.2) is 23.5 Å². The molecule has 1 amide bonds. The molecule has 4 nitrogen and oxygen atoms in total. The highest BCUT2D eigenvalue weighted by atomic mass is 16.4. The van der Waals surface area contributed by atoms with E-state index in [2.05, 4.69) is 11.2 Å². The number of carbonyl (C=O) groups is 2. The van der Waals surface area contributed by atoms with E-state index in [-0.39, 0.29) is 24.7 Å². The molecular weight excluding hydrogens is 170 g/mol. The fourth-order valence-electron chi connectivity index (χ4n) is 0.814. The van der Waals surface area contributed by atoms with Gasteiger partial charge >= 0.3 is 5.97 Å². The van der Waals surface area contributed by atoms with Crippen molar-refractivity contribution in [2.45, 2.75) is 19.8 Å². The fraction of sp³-hybridized carbons (Fsp3) is 0.556. The summed E-state index contributed by atoms with van der Waals surface area (Å²) in [4.78, 5) is 21.1. The molecular formula is C9H13NO3. The molecule has 72 valence electrons. The summed E-state index contributed by atoms with van der Waals surface area (Å²) in [5, 5.41) is 11.0. The first-order chi connectivity index (χ1) is 6.06. The van der Waals surface area contributed by atoms with Crippen molar-refractivity contribution < 1.29 is 14.7 Å². The van der Waals surface area contributed by atoms with Gasteiger partial charge in [0.05, 0.1) is 6.42 Å². The van der Waals surface area contributed by atoms with Crippen LogP contribution in [0.3, 0.4) is 0 Å². The Kier molecular flexibility index (Phi) is 5.37. The van der Waals surface area contributed by atoms with Crippen molar-refractivity contribution in [2.75, 3.05) is 6.54 Å². The second kappa shape index (κ2) is 6.06. The van der Waals surface area contributed by atoms with Crippen LogP contribution in [-0.2, 0) is 9.59 Å². The van der Waals surface area contributed by atoms with E-state index in [1.165, 1.54) is 0 Å². The summed E-state index contributed by atoms with van der Waals surface area (Å²) in [6.07, 6.45) is 5.00. The third kappa shape index (κ3) is 6.88. The quantitative estimate of drug-likeness (QED) is 0.600. The van der Waals surface area contributed by atoms with Crippen LogP contribution in [0.2, 0.25) is 0 Å². The number of rotatable bonds is 5. The summed E-state index contributed by atoms with van der Waals surface area (Å²) in [5.74, 6) is 1.03. The Balaban J connectivity index is 3.58. The minimum absolute atomic E-state index is 0.0415. The van der Waals surface area contributed by atoms with Crippen molar-refractivity contribution in [3.63, 3.8) is 0 Å². The predicted molar refractivity (Wildman–Crippen MR) is 47.9 cm³/mol. The lowest BCUT2D eigenvalue weighted by Crippen LogP contribution is -2.28. The molecule has 0 saturated carbocycles. The molecule has 0 aliphatic carbocycles. The zero-order valence-corrected chi connectivity index (χ0v) is 7.54. The Bertz CT molecular complexity index is 230. The highest BCUT2D eigenvalue weighted by Gasteiger charge is 2.08. The maximum absolute atomic E-state index is 10.8. The summed E-state index contributed by atoms with van der Waals surface area (Å²) in [5.41, 5.74) is 0. The summed E-state index contributed by atoms with van der Waals surface area (Å²) >= 11 is 0. The smallest absolute Gasteiger partial charge is 0.303 e. The van der Waals surface area contributed by atoms with Crippen LogP contribution >= 0.6 is 0 Å². The third-order valence-corrected chi connectivity index (χ3v) is 1.43. The Morgan fingerprint density at radius 3 is 2.69 bits per heavy atom. The fourth-order valence-corrected chi connectivity index (χ4v) is 0.814. The van der Waals surface area contributed by atoms with Crippen molar-refractivity contribution in [3.8, 4) is 12.3 Å². The molecule has 13 heavy (non-hydrogen) atoms. The highest BCUT2D eigenvalue weighted by molar-refractivity contribution is 5.78. The first kappa shape index (κ1) is 11.5. The molecule has 0 aromatic heterocycles. The first-order valence-electron chi connectivity index (χ1n) is 3.98. The second-order valence-corrected chi connectivity index (χ2v) is 2.89. The van der Waals surface area contributed by atoms with E-state index >= 15 is 0 Å². The number of carboxylic acids is 1. The van der Waals surface area contributed by atoms with Gasteiger partial charge in [0.2, 0.25) is 5.91 Å². The van der Waals surface area contributed by atoms with Gasteiger partial charge in [-0.2, -0.15) is 0 Å². The molecule has 0 heterocycles. The van der Waals surface area contributed by atoms with Gasteiger partial charge in [-0.3, -0.25) is 9.59 Å². The minimum atomic E-state index is -0.862. The molecule has 0 aliphatic rings. The normalized spacial score (nSPS) is 11.4. The van der Waals surface area contributed by atoms with E-state index in [9.17, 15) is 9.59 Å². The summed E-state index contributed by atoms with van der Waals surface area (Å²) in [6, 6.07) is 0. The number of hydrogen-bond acceptors (Lipinski definition) is 2. The van der Waals surface area contributed by atoms with Gasteiger partial charge in [0.25, 0.3) is 0 Å². The first-order valence-corrected chi connectivity index (χ1v) is 3.98. The molecule has 0 rings (SSSR count). The van der Waals surface area contributed by atoms with E-state index in [0.29, 0.717) is 6.54 Å². The average molecular weight is 183 g/mol. The molecule has 1 atom stereocenters. The van der Waals surface area contributed by atoms with Crippen LogP contribution in [0.4, 0.5) is 0 Å². The van der Waals surface area contributed by atoms with Crippen LogP contribution in [0, 0.1) is 18.3 Å². The zero-order chi connectivity index (χ0) is 10.3. The van der Waals surface area contributed by atoms with Crippen LogP contribution in [0.15, 0.2) is 0 Å². The maximum atomic E-state index is 10.8. The lowest BCUT2D eigenvalue weighted by molar-refractivity contribution is -0.138. The van der Waals surface area contributed by atoms with Gasteiger partial charge in [-0.25, -0.2) is 0 Å². The average Bonchev–Trinajstić information content (AvgIpc) is 2.00. The van der Waals surface area contributed by atoms with E-state index in [0.717, 1.165) is 0 Å². The Morgan fingerprint density at radius 1 is 1.62 bits per heavy atom. The molecule has 0 aromatic carbocycles. The molecule has 0 saturated heterocycles. The monoisotopic (exact) mass is 183 g/mol. The molecule has 2 N–H and O–H groups in total. The molecule has 4 heteroatoms.